The van der Waals surface area contributed by atoms with Gasteiger partial charge in [-0.3, -0.25) is 4.79 Å². The lowest BCUT2D eigenvalue weighted by Crippen LogP contribution is -2.61. The Morgan fingerprint density at radius 2 is 1.75 bits per heavy atom. The zero-order valence-electron chi connectivity index (χ0n) is 8.72. The zero-order valence-corrected chi connectivity index (χ0v) is 8.72. The first kappa shape index (κ1) is 15.2. The van der Waals surface area contributed by atoms with E-state index in [2.05, 4.69) is 0 Å². The maximum Gasteiger partial charge on any atom is 0.300 e. The predicted molar refractivity (Wildman–Crippen MR) is 51.3 cm³/mol. The number of carbonyl (C=O) groups is 1. The smallest absolute Gasteiger partial charge is 0.300 e. The van der Waals surface area contributed by atoms with Gasteiger partial charge in [0.1, 0.15) is 18.3 Å². The maximum absolute atomic E-state index is 9.20. The van der Waals surface area contributed by atoms with Gasteiger partial charge in [-0.15, -0.1) is 0 Å². The molecule has 1 aliphatic heterocycles. The summed E-state index contributed by atoms with van der Waals surface area (Å²) in [6, 6.07) is -1.04. The molecule has 0 amide bonds. The van der Waals surface area contributed by atoms with E-state index in [1.165, 1.54) is 0 Å². The van der Waals surface area contributed by atoms with E-state index >= 15 is 0 Å². The average molecular weight is 239 g/mol. The van der Waals surface area contributed by atoms with Crippen LogP contribution in [-0.2, 0) is 9.53 Å². The molecule has 7 N–H and O–H groups in total. The van der Waals surface area contributed by atoms with E-state index in [-0.39, 0.29) is 0 Å². The molecule has 16 heavy (non-hydrogen) atoms. The Kier molecular flexibility index (Phi) is 6.41. The number of nitrogens with two attached hydrogens (primary N) is 1. The molecule has 0 aromatic heterocycles. The third-order valence-corrected chi connectivity index (χ3v) is 1.95. The molecule has 1 aliphatic rings. The Balaban J connectivity index is 0.000000487. The van der Waals surface area contributed by atoms with Crippen LogP contribution >= 0.6 is 0 Å². The summed E-state index contributed by atoms with van der Waals surface area (Å²) in [4.78, 5) is 9.00. The van der Waals surface area contributed by atoms with Gasteiger partial charge in [0.2, 0.25) is 0 Å². The molecule has 1 heterocycles. The summed E-state index contributed by atoms with van der Waals surface area (Å²) in [6.45, 7) is 0.613. The van der Waals surface area contributed by atoms with Crippen molar-refractivity contribution in [2.24, 2.45) is 5.73 Å². The van der Waals surface area contributed by atoms with E-state index in [9.17, 15) is 10.2 Å². The summed E-state index contributed by atoms with van der Waals surface area (Å²) < 4.78 is 4.70. The molecule has 0 unspecified atom stereocenters. The van der Waals surface area contributed by atoms with E-state index in [4.69, 9.17) is 30.6 Å². The van der Waals surface area contributed by atoms with E-state index < -0.39 is 43.2 Å². The molecule has 0 aromatic carbocycles. The van der Waals surface area contributed by atoms with E-state index in [0.29, 0.717) is 0 Å². The third kappa shape index (κ3) is 4.39. The molecule has 0 aromatic rings. The number of carboxylic acids is 1. The summed E-state index contributed by atoms with van der Waals surface area (Å²) in [5, 5.41) is 43.5. The lowest BCUT2D eigenvalue weighted by molar-refractivity contribution is -0.248. The van der Waals surface area contributed by atoms with Crippen LogP contribution in [0.3, 0.4) is 0 Å². The summed E-state index contributed by atoms with van der Waals surface area (Å²) in [7, 11) is 0. The lowest BCUT2D eigenvalue weighted by atomic mass is 9.98. The zero-order chi connectivity index (χ0) is 12.9. The maximum atomic E-state index is 9.20. The van der Waals surface area contributed by atoms with Crippen LogP contribution in [0.25, 0.3) is 0 Å². The lowest BCUT2D eigenvalue weighted by Gasteiger charge is -2.38. The second-order valence-electron chi connectivity index (χ2n) is 3.33. The third-order valence-electron chi connectivity index (χ3n) is 1.95. The molecule has 0 bridgehead atoms. The molecule has 0 saturated carbocycles. The van der Waals surface area contributed by atoms with E-state index in [1.807, 2.05) is 0 Å². The summed E-state index contributed by atoms with van der Waals surface area (Å²) in [6.07, 6.45) is -4.85. The highest BCUT2D eigenvalue weighted by molar-refractivity contribution is 5.62. The van der Waals surface area contributed by atoms with Crippen LogP contribution in [0.5, 0.6) is 0 Å². The molecule has 1 saturated heterocycles. The highest BCUT2D eigenvalue weighted by atomic mass is 16.6. The molecular weight excluding hydrogens is 222 g/mol. The van der Waals surface area contributed by atoms with E-state index in [0.717, 1.165) is 6.92 Å². The Morgan fingerprint density at radius 1 is 1.31 bits per heavy atom. The monoisotopic (exact) mass is 239 g/mol. The quantitative estimate of drug-likeness (QED) is 0.280. The average Bonchev–Trinajstić information content (AvgIpc) is 2.19. The number of ether oxygens (including phenoxy) is 1. The van der Waals surface area contributed by atoms with Gasteiger partial charge in [0, 0.05) is 6.92 Å². The van der Waals surface area contributed by atoms with Crippen LogP contribution < -0.4 is 5.73 Å². The van der Waals surface area contributed by atoms with Crippen molar-refractivity contribution in [2.45, 2.75) is 37.6 Å². The fourth-order valence-electron chi connectivity index (χ4n) is 1.12. The Bertz CT molecular complexity index is 216. The van der Waals surface area contributed by atoms with Gasteiger partial charge < -0.3 is 36.0 Å². The standard InChI is InChI=1S/C6H13NO5.C2H4O2/c7-3-5(10)4(9)2(1-8)12-6(3)11;1-2(3)4/h2-6,8-11H,1,7H2;1H3,(H,3,4)/t2-,3-,4+,5-,6-;/m1./s1. The van der Waals surface area contributed by atoms with Crippen LogP contribution in [0.1, 0.15) is 6.92 Å². The van der Waals surface area contributed by atoms with Gasteiger partial charge in [0.15, 0.2) is 6.29 Å². The SMILES string of the molecule is CC(=O)O.N[C@@H]1[C@@H](O)[C@@H](O)[C@@H](CO)O[C@H]1O. The first-order valence-corrected chi connectivity index (χ1v) is 4.56. The molecule has 8 nitrogen and oxygen atoms in total. The Hall–Kier alpha value is -0.770. The molecule has 1 rings (SSSR count). The second kappa shape index (κ2) is 6.74. The van der Waals surface area contributed by atoms with Gasteiger partial charge >= 0.3 is 0 Å². The fraction of sp³-hybridized carbons (Fsp3) is 0.875. The number of aliphatic hydroxyl groups excluding tert-OH is 4. The molecule has 5 atom stereocenters. The molecule has 0 spiro atoms. The van der Waals surface area contributed by atoms with Crippen LogP contribution in [0.15, 0.2) is 0 Å². The van der Waals surface area contributed by atoms with Crippen molar-refractivity contribution in [3.63, 3.8) is 0 Å². The number of hydrogen-bond acceptors (Lipinski definition) is 7. The number of aliphatic carboxylic acids is 1. The van der Waals surface area contributed by atoms with E-state index in [1.54, 1.807) is 0 Å². The highest BCUT2D eigenvalue weighted by Crippen LogP contribution is 2.17. The van der Waals surface area contributed by atoms with Crippen molar-refractivity contribution in [1.82, 2.24) is 0 Å². The summed E-state index contributed by atoms with van der Waals surface area (Å²) in [5.74, 6) is -0.833. The fourth-order valence-corrected chi connectivity index (χ4v) is 1.12. The van der Waals surface area contributed by atoms with Gasteiger partial charge in [0.05, 0.1) is 12.6 Å². The van der Waals surface area contributed by atoms with Crippen LogP contribution in [0, 0.1) is 0 Å². The number of carboxylic acid groups (broad SMARTS) is 1. The van der Waals surface area contributed by atoms with Crippen molar-refractivity contribution < 1.29 is 35.1 Å². The molecule has 0 aliphatic carbocycles. The Labute approximate surface area is 91.9 Å². The number of hydrogen-bond donors (Lipinski definition) is 6. The van der Waals surface area contributed by atoms with Crippen molar-refractivity contribution in [3.8, 4) is 0 Å². The normalized spacial score (nSPS) is 38.5. The first-order valence-electron chi connectivity index (χ1n) is 4.56. The first-order chi connectivity index (χ1) is 7.31. The minimum Gasteiger partial charge on any atom is -0.481 e. The minimum absolute atomic E-state index is 0.470. The van der Waals surface area contributed by atoms with Crippen molar-refractivity contribution in [1.29, 1.82) is 0 Å². The topological polar surface area (TPSA) is 153 Å². The number of rotatable bonds is 1. The minimum atomic E-state index is -1.35. The largest absolute Gasteiger partial charge is 0.481 e. The second-order valence-corrected chi connectivity index (χ2v) is 3.33. The Morgan fingerprint density at radius 3 is 2.12 bits per heavy atom. The van der Waals surface area contributed by atoms with Crippen LogP contribution in [0.2, 0.25) is 0 Å². The molecule has 0 radical (unpaired) electrons. The van der Waals surface area contributed by atoms with Crippen molar-refractivity contribution >= 4 is 5.97 Å². The molecule has 96 valence electrons. The molecule has 1 fully saturated rings. The van der Waals surface area contributed by atoms with Crippen molar-refractivity contribution in [2.75, 3.05) is 6.61 Å². The van der Waals surface area contributed by atoms with Gasteiger partial charge in [0.25, 0.3) is 5.97 Å². The summed E-state index contributed by atoms with van der Waals surface area (Å²) in [5.41, 5.74) is 5.26. The highest BCUT2D eigenvalue weighted by Gasteiger charge is 2.41. The van der Waals surface area contributed by atoms with Gasteiger partial charge in [-0.1, -0.05) is 0 Å². The van der Waals surface area contributed by atoms with Crippen LogP contribution in [-0.4, -0.2) is 68.8 Å². The summed E-state index contributed by atoms with van der Waals surface area (Å²) >= 11 is 0. The predicted octanol–water partition coefficient (Wildman–Crippen LogP) is -3.16. The van der Waals surface area contributed by atoms with Crippen LogP contribution in [0.4, 0.5) is 0 Å². The van der Waals surface area contributed by atoms with Crippen molar-refractivity contribution in [3.05, 3.63) is 0 Å². The molecule has 8 heteroatoms. The van der Waals surface area contributed by atoms with Gasteiger partial charge in [-0.2, -0.15) is 0 Å². The molecular formula is C8H17NO7. The van der Waals surface area contributed by atoms with Gasteiger partial charge in [-0.05, 0) is 0 Å². The number of aliphatic hydroxyl groups is 4. The van der Waals surface area contributed by atoms with Gasteiger partial charge in [-0.25, -0.2) is 0 Å².